The fraction of sp³-hybridized carbons (Fsp3) is 0.591. The van der Waals surface area contributed by atoms with Crippen LogP contribution in [0.3, 0.4) is 0 Å². The van der Waals surface area contributed by atoms with Crippen LogP contribution >= 0.6 is 0 Å². The standard InChI is InChI=1S/C22H34N2O6/c1-5-10-23-19-6-8-20(9-7-19)29-18-17-28-16-15-27-14-13-26-12-11-24-21(25)30-22(2,3)4/h1,6-9,23H,10-18H2,2-4H3,(H,24,25). The van der Waals surface area contributed by atoms with E-state index in [1.165, 1.54) is 0 Å². The minimum absolute atomic E-state index is 0.391. The van der Waals surface area contributed by atoms with Gasteiger partial charge in [0, 0.05) is 12.2 Å². The number of ether oxygens (including phenoxy) is 5. The average molecular weight is 423 g/mol. The summed E-state index contributed by atoms with van der Waals surface area (Å²) in [6.07, 6.45) is 4.76. The summed E-state index contributed by atoms with van der Waals surface area (Å²) in [5, 5.41) is 5.71. The molecule has 0 atom stereocenters. The van der Waals surface area contributed by atoms with Crippen molar-refractivity contribution < 1.29 is 28.5 Å². The van der Waals surface area contributed by atoms with Crippen LogP contribution in [0.2, 0.25) is 0 Å². The molecule has 1 rings (SSSR count). The van der Waals surface area contributed by atoms with Crippen molar-refractivity contribution in [3.63, 3.8) is 0 Å². The van der Waals surface area contributed by atoms with Gasteiger partial charge in [-0.2, -0.15) is 0 Å². The Morgan fingerprint density at radius 1 is 0.933 bits per heavy atom. The summed E-state index contributed by atoms with van der Waals surface area (Å²) < 4.78 is 27.0. The number of benzene rings is 1. The molecule has 1 aromatic carbocycles. The summed E-state index contributed by atoms with van der Waals surface area (Å²) in [5.41, 5.74) is 0.454. The summed E-state index contributed by atoms with van der Waals surface area (Å²) in [6.45, 7) is 9.56. The molecule has 0 aromatic heterocycles. The Bertz CT molecular complexity index is 622. The lowest BCUT2D eigenvalue weighted by Gasteiger charge is -2.19. The molecule has 0 aliphatic carbocycles. The Morgan fingerprint density at radius 3 is 2.07 bits per heavy atom. The van der Waals surface area contributed by atoms with Gasteiger partial charge in [0.25, 0.3) is 0 Å². The molecule has 0 spiro atoms. The molecular formula is C22H34N2O6. The minimum Gasteiger partial charge on any atom is -0.491 e. The molecule has 8 heteroatoms. The molecule has 0 fully saturated rings. The lowest BCUT2D eigenvalue weighted by molar-refractivity contribution is 0.00904. The SMILES string of the molecule is C#CCNc1ccc(OCCOCCOCCOCCNC(=O)OC(C)(C)C)cc1. The molecule has 2 N–H and O–H groups in total. The topological polar surface area (TPSA) is 87.3 Å². The third-order valence-electron chi connectivity index (χ3n) is 3.40. The van der Waals surface area contributed by atoms with Crippen molar-refractivity contribution in [3.8, 4) is 18.1 Å². The molecule has 0 radical (unpaired) electrons. The number of rotatable bonds is 15. The van der Waals surface area contributed by atoms with Crippen molar-refractivity contribution in [2.24, 2.45) is 0 Å². The second-order valence-electron chi connectivity index (χ2n) is 7.20. The number of carbonyl (C=O) groups is 1. The van der Waals surface area contributed by atoms with Crippen molar-refractivity contribution in [1.82, 2.24) is 5.32 Å². The lowest BCUT2D eigenvalue weighted by atomic mass is 10.2. The minimum atomic E-state index is -0.501. The number of nitrogens with one attached hydrogen (secondary N) is 2. The predicted octanol–water partition coefficient (Wildman–Crippen LogP) is 2.69. The normalized spacial score (nSPS) is 10.9. The Kier molecular flexibility index (Phi) is 13.1. The van der Waals surface area contributed by atoms with Gasteiger partial charge in [0.05, 0.1) is 46.2 Å². The molecule has 1 amide bonds. The van der Waals surface area contributed by atoms with E-state index < -0.39 is 11.7 Å². The first-order chi connectivity index (χ1) is 14.4. The fourth-order valence-corrected chi connectivity index (χ4v) is 2.12. The molecular weight excluding hydrogens is 388 g/mol. The number of carbonyl (C=O) groups excluding carboxylic acids is 1. The Balaban J connectivity index is 1.87. The molecule has 0 saturated carbocycles. The highest BCUT2D eigenvalue weighted by Gasteiger charge is 2.15. The number of amides is 1. The molecule has 0 aliphatic rings. The van der Waals surface area contributed by atoms with Gasteiger partial charge in [-0.05, 0) is 45.0 Å². The van der Waals surface area contributed by atoms with Crippen molar-refractivity contribution in [3.05, 3.63) is 24.3 Å². The van der Waals surface area contributed by atoms with E-state index in [4.69, 9.17) is 30.1 Å². The van der Waals surface area contributed by atoms with Crippen LogP contribution in [-0.4, -0.2) is 71.0 Å². The first kappa shape index (κ1) is 25.6. The molecule has 1 aromatic rings. The Hall–Kier alpha value is -2.47. The highest BCUT2D eigenvalue weighted by molar-refractivity contribution is 5.67. The average Bonchev–Trinajstić information content (AvgIpc) is 2.69. The molecule has 0 bridgehead atoms. The lowest BCUT2D eigenvalue weighted by Crippen LogP contribution is -2.34. The van der Waals surface area contributed by atoms with Gasteiger partial charge in [0.1, 0.15) is 18.0 Å². The van der Waals surface area contributed by atoms with E-state index in [2.05, 4.69) is 16.6 Å². The smallest absolute Gasteiger partial charge is 0.407 e. The van der Waals surface area contributed by atoms with E-state index in [0.29, 0.717) is 59.3 Å². The van der Waals surface area contributed by atoms with Crippen molar-refractivity contribution in [2.75, 3.05) is 64.7 Å². The maximum absolute atomic E-state index is 11.4. The first-order valence-electron chi connectivity index (χ1n) is 10.0. The first-order valence-corrected chi connectivity index (χ1v) is 10.0. The van der Waals surface area contributed by atoms with Gasteiger partial charge >= 0.3 is 6.09 Å². The quantitative estimate of drug-likeness (QED) is 0.332. The molecule has 0 saturated heterocycles. The largest absolute Gasteiger partial charge is 0.491 e. The van der Waals surface area contributed by atoms with Crippen LogP contribution in [0.4, 0.5) is 10.5 Å². The summed E-state index contributed by atoms with van der Waals surface area (Å²) >= 11 is 0. The van der Waals surface area contributed by atoms with E-state index in [9.17, 15) is 4.79 Å². The molecule has 30 heavy (non-hydrogen) atoms. The van der Waals surface area contributed by atoms with Gasteiger partial charge in [0.2, 0.25) is 0 Å². The van der Waals surface area contributed by atoms with Gasteiger partial charge in [-0.25, -0.2) is 4.79 Å². The van der Waals surface area contributed by atoms with E-state index in [0.717, 1.165) is 11.4 Å². The van der Waals surface area contributed by atoms with Gasteiger partial charge in [-0.3, -0.25) is 0 Å². The highest BCUT2D eigenvalue weighted by atomic mass is 16.6. The van der Waals surface area contributed by atoms with E-state index >= 15 is 0 Å². The monoisotopic (exact) mass is 422 g/mol. The number of alkyl carbamates (subject to hydrolysis) is 1. The Morgan fingerprint density at radius 2 is 1.50 bits per heavy atom. The van der Waals surface area contributed by atoms with Crippen molar-refractivity contribution >= 4 is 11.8 Å². The second kappa shape index (κ2) is 15.4. The van der Waals surface area contributed by atoms with E-state index in [-0.39, 0.29) is 0 Å². The summed E-state index contributed by atoms with van der Waals surface area (Å²) in [4.78, 5) is 11.4. The van der Waals surface area contributed by atoms with Gasteiger partial charge in [0.15, 0.2) is 0 Å². The van der Waals surface area contributed by atoms with Crippen LogP contribution < -0.4 is 15.4 Å². The molecule has 0 aliphatic heterocycles. The number of anilines is 1. The van der Waals surface area contributed by atoms with Gasteiger partial charge in [-0.15, -0.1) is 6.42 Å². The Labute approximate surface area is 179 Å². The molecule has 8 nitrogen and oxygen atoms in total. The predicted molar refractivity (Wildman–Crippen MR) is 116 cm³/mol. The zero-order valence-electron chi connectivity index (χ0n) is 18.2. The van der Waals surface area contributed by atoms with Crippen LogP contribution in [0.1, 0.15) is 20.8 Å². The van der Waals surface area contributed by atoms with Crippen molar-refractivity contribution in [1.29, 1.82) is 0 Å². The van der Waals surface area contributed by atoms with Crippen LogP contribution in [0, 0.1) is 12.3 Å². The zero-order chi connectivity index (χ0) is 22.1. The summed E-state index contributed by atoms with van der Waals surface area (Å²) in [5.74, 6) is 3.30. The summed E-state index contributed by atoms with van der Waals surface area (Å²) in [6, 6.07) is 7.59. The fourth-order valence-electron chi connectivity index (χ4n) is 2.12. The third-order valence-corrected chi connectivity index (χ3v) is 3.40. The second-order valence-corrected chi connectivity index (χ2v) is 7.20. The third kappa shape index (κ3) is 14.5. The number of hydrogen-bond donors (Lipinski definition) is 2. The maximum atomic E-state index is 11.4. The van der Waals surface area contributed by atoms with Crippen LogP contribution in [0.25, 0.3) is 0 Å². The molecule has 0 unspecified atom stereocenters. The highest BCUT2D eigenvalue weighted by Crippen LogP contribution is 2.15. The maximum Gasteiger partial charge on any atom is 0.407 e. The van der Waals surface area contributed by atoms with E-state index in [1.54, 1.807) is 0 Å². The molecule has 0 heterocycles. The van der Waals surface area contributed by atoms with Gasteiger partial charge in [-0.1, -0.05) is 5.92 Å². The van der Waals surface area contributed by atoms with E-state index in [1.807, 2.05) is 45.0 Å². The van der Waals surface area contributed by atoms with Crippen LogP contribution in [0.15, 0.2) is 24.3 Å². The van der Waals surface area contributed by atoms with Crippen molar-refractivity contribution in [2.45, 2.75) is 26.4 Å². The van der Waals surface area contributed by atoms with Crippen LogP contribution in [-0.2, 0) is 18.9 Å². The van der Waals surface area contributed by atoms with Gasteiger partial charge < -0.3 is 34.3 Å². The zero-order valence-corrected chi connectivity index (χ0v) is 18.2. The van der Waals surface area contributed by atoms with Crippen LogP contribution in [0.5, 0.6) is 5.75 Å². The number of hydrogen-bond acceptors (Lipinski definition) is 7. The number of terminal acetylenes is 1. The summed E-state index contributed by atoms with van der Waals surface area (Å²) in [7, 11) is 0. The molecule has 168 valence electrons.